The van der Waals surface area contributed by atoms with Crippen LogP contribution < -0.4 is 4.74 Å². The van der Waals surface area contributed by atoms with Crippen molar-refractivity contribution in [1.82, 2.24) is 4.90 Å². The fourth-order valence-corrected chi connectivity index (χ4v) is 2.35. The Labute approximate surface area is 122 Å². The Morgan fingerprint density at radius 1 is 1.05 bits per heavy atom. The minimum atomic E-state index is 0.736. The van der Waals surface area contributed by atoms with Gasteiger partial charge < -0.3 is 9.64 Å². The molecule has 0 aromatic heterocycles. The van der Waals surface area contributed by atoms with Gasteiger partial charge in [0.2, 0.25) is 0 Å². The van der Waals surface area contributed by atoms with Crippen LogP contribution in [-0.2, 0) is 6.42 Å². The van der Waals surface area contributed by atoms with Gasteiger partial charge in [-0.1, -0.05) is 49.7 Å². The maximum atomic E-state index is 6.12. The van der Waals surface area contributed by atoms with Crippen LogP contribution in [0.5, 0.6) is 5.75 Å². The van der Waals surface area contributed by atoms with Crippen LogP contribution >= 0.6 is 0 Å². The van der Waals surface area contributed by atoms with E-state index in [4.69, 9.17) is 4.74 Å². The summed E-state index contributed by atoms with van der Waals surface area (Å²) in [6.45, 7) is 3.91. The monoisotopic (exact) mass is 271 g/mol. The van der Waals surface area contributed by atoms with E-state index in [1.165, 1.54) is 29.2 Å². The van der Waals surface area contributed by atoms with Crippen LogP contribution in [0.3, 0.4) is 0 Å². The molecule has 2 aromatic rings. The number of hydrogen-bond donors (Lipinski definition) is 0. The number of rotatable bonds is 7. The van der Waals surface area contributed by atoms with Gasteiger partial charge in [-0.3, -0.25) is 0 Å². The highest BCUT2D eigenvalue weighted by Crippen LogP contribution is 2.31. The summed E-state index contributed by atoms with van der Waals surface area (Å²) in [4.78, 5) is 2.15. The van der Waals surface area contributed by atoms with Crippen molar-refractivity contribution in [3.05, 3.63) is 42.0 Å². The maximum absolute atomic E-state index is 6.12. The van der Waals surface area contributed by atoms with E-state index in [0.29, 0.717) is 0 Å². The van der Waals surface area contributed by atoms with Gasteiger partial charge in [-0.05, 0) is 37.9 Å². The molecule has 0 aliphatic carbocycles. The van der Waals surface area contributed by atoms with Gasteiger partial charge >= 0.3 is 0 Å². The predicted octanol–water partition coefficient (Wildman–Crippen LogP) is 4.12. The van der Waals surface area contributed by atoms with E-state index in [1.54, 1.807) is 0 Å². The highest BCUT2D eigenvalue weighted by atomic mass is 16.5. The van der Waals surface area contributed by atoms with Gasteiger partial charge in [0, 0.05) is 11.9 Å². The molecule has 0 aliphatic rings. The lowest BCUT2D eigenvalue weighted by Gasteiger charge is -2.16. The first-order valence-electron chi connectivity index (χ1n) is 7.50. The summed E-state index contributed by atoms with van der Waals surface area (Å²) in [5, 5.41) is 2.49. The van der Waals surface area contributed by atoms with Crippen molar-refractivity contribution in [2.75, 3.05) is 27.2 Å². The molecule has 0 saturated carbocycles. The highest BCUT2D eigenvalue weighted by molar-refractivity contribution is 5.89. The van der Waals surface area contributed by atoms with E-state index in [-0.39, 0.29) is 0 Å². The van der Waals surface area contributed by atoms with Crippen LogP contribution in [0.25, 0.3) is 10.8 Å². The standard InChI is InChI=1S/C18H25NO/c1-4-5-8-16-12-11-15-9-6-7-10-17(15)18(16)20-14-13-19(2)3/h6-7,9-12H,4-5,8,13-14H2,1-3H3. The van der Waals surface area contributed by atoms with E-state index < -0.39 is 0 Å². The molecule has 20 heavy (non-hydrogen) atoms. The normalized spacial score (nSPS) is 11.2. The summed E-state index contributed by atoms with van der Waals surface area (Å²) in [6.07, 6.45) is 3.52. The molecule has 0 atom stereocenters. The smallest absolute Gasteiger partial charge is 0.130 e. The van der Waals surface area contributed by atoms with Crippen LogP contribution in [-0.4, -0.2) is 32.1 Å². The number of unbranched alkanes of at least 4 members (excludes halogenated alkanes) is 1. The Morgan fingerprint density at radius 2 is 1.85 bits per heavy atom. The lowest BCUT2D eigenvalue weighted by molar-refractivity contribution is 0.262. The van der Waals surface area contributed by atoms with E-state index in [1.807, 2.05) is 0 Å². The lowest BCUT2D eigenvalue weighted by Crippen LogP contribution is -2.19. The van der Waals surface area contributed by atoms with Gasteiger partial charge in [0.25, 0.3) is 0 Å². The summed E-state index contributed by atoms with van der Waals surface area (Å²) < 4.78 is 6.12. The predicted molar refractivity (Wildman–Crippen MR) is 86.6 cm³/mol. The molecule has 0 N–H and O–H groups in total. The van der Waals surface area contributed by atoms with Crippen molar-refractivity contribution in [2.24, 2.45) is 0 Å². The molecule has 0 heterocycles. The number of nitrogens with zero attached hydrogens (tertiary/aromatic N) is 1. The summed E-state index contributed by atoms with van der Waals surface area (Å²) in [7, 11) is 4.15. The molecular formula is C18H25NO. The molecule has 0 amide bonds. The average molecular weight is 271 g/mol. The second-order valence-corrected chi connectivity index (χ2v) is 5.53. The topological polar surface area (TPSA) is 12.5 Å². The minimum absolute atomic E-state index is 0.736. The lowest BCUT2D eigenvalue weighted by atomic mass is 10.0. The van der Waals surface area contributed by atoms with Crippen LogP contribution in [0, 0.1) is 0 Å². The van der Waals surface area contributed by atoms with Crippen LogP contribution in [0.1, 0.15) is 25.3 Å². The minimum Gasteiger partial charge on any atom is -0.491 e. The molecule has 0 radical (unpaired) electrons. The zero-order valence-corrected chi connectivity index (χ0v) is 12.9. The van der Waals surface area contributed by atoms with Crippen molar-refractivity contribution in [2.45, 2.75) is 26.2 Å². The van der Waals surface area contributed by atoms with Crippen molar-refractivity contribution >= 4 is 10.8 Å². The number of hydrogen-bond acceptors (Lipinski definition) is 2. The third kappa shape index (κ3) is 3.73. The molecular weight excluding hydrogens is 246 g/mol. The Bertz CT molecular complexity index is 548. The van der Waals surface area contributed by atoms with Gasteiger partial charge in [-0.2, -0.15) is 0 Å². The first-order valence-corrected chi connectivity index (χ1v) is 7.50. The van der Waals surface area contributed by atoms with Gasteiger partial charge in [-0.25, -0.2) is 0 Å². The number of benzene rings is 2. The Morgan fingerprint density at radius 3 is 2.60 bits per heavy atom. The van der Waals surface area contributed by atoms with Gasteiger partial charge in [0.15, 0.2) is 0 Å². The quantitative estimate of drug-likeness (QED) is 0.751. The molecule has 2 heteroatoms. The first-order chi connectivity index (χ1) is 9.72. The molecule has 0 spiro atoms. The third-order valence-electron chi connectivity index (χ3n) is 3.55. The number of aryl methyl sites for hydroxylation is 1. The van der Waals surface area contributed by atoms with Crippen molar-refractivity contribution in [3.63, 3.8) is 0 Å². The largest absolute Gasteiger partial charge is 0.491 e. The zero-order chi connectivity index (χ0) is 14.4. The van der Waals surface area contributed by atoms with E-state index >= 15 is 0 Å². The molecule has 0 bridgehead atoms. The first kappa shape index (κ1) is 14.9. The third-order valence-corrected chi connectivity index (χ3v) is 3.55. The average Bonchev–Trinajstić information content (AvgIpc) is 2.45. The summed E-state index contributed by atoms with van der Waals surface area (Å²) in [6, 6.07) is 12.9. The van der Waals surface area contributed by atoms with Gasteiger partial charge in [-0.15, -0.1) is 0 Å². The molecule has 108 valence electrons. The Kier molecular flexibility index (Phi) is 5.42. The molecule has 2 rings (SSSR count). The van der Waals surface area contributed by atoms with Crippen molar-refractivity contribution < 1.29 is 4.74 Å². The molecule has 2 aromatic carbocycles. The second kappa shape index (κ2) is 7.30. The molecule has 0 fully saturated rings. The van der Waals surface area contributed by atoms with Gasteiger partial charge in [0.1, 0.15) is 12.4 Å². The second-order valence-electron chi connectivity index (χ2n) is 5.53. The summed E-state index contributed by atoms with van der Waals surface area (Å²) >= 11 is 0. The zero-order valence-electron chi connectivity index (χ0n) is 12.9. The number of ether oxygens (including phenoxy) is 1. The SMILES string of the molecule is CCCCc1ccc2ccccc2c1OCCN(C)C. The van der Waals surface area contributed by atoms with E-state index in [2.05, 4.69) is 62.3 Å². The van der Waals surface area contributed by atoms with Crippen molar-refractivity contribution in [1.29, 1.82) is 0 Å². The fraction of sp³-hybridized carbons (Fsp3) is 0.444. The summed E-state index contributed by atoms with van der Waals surface area (Å²) in [5.74, 6) is 1.08. The Balaban J connectivity index is 2.29. The van der Waals surface area contributed by atoms with Crippen LogP contribution in [0.15, 0.2) is 36.4 Å². The summed E-state index contributed by atoms with van der Waals surface area (Å²) in [5.41, 5.74) is 1.34. The maximum Gasteiger partial charge on any atom is 0.130 e. The Hall–Kier alpha value is -1.54. The number of fused-ring (bicyclic) bond motifs is 1. The van der Waals surface area contributed by atoms with E-state index in [0.717, 1.165) is 25.3 Å². The molecule has 2 nitrogen and oxygen atoms in total. The molecule has 0 unspecified atom stereocenters. The van der Waals surface area contributed by atoms with Crippen LogP contribution in [0.4, 0.5) is 0 Å². The number of likely N-dealkylation sites (N-methyl/N-ethyl adjacent to an activating group) is 1. The van der Waals surface area contributed by atoms with Crippen molar-refractivity contribution in [3.8, 4) is 5.75 Å². The van der Waals surface area contributed by atoms with Crippen LogP contribution in [0.2, 0.25) is 0 Å². The molecule has 0 saturated heterocycles. The molecule has 0 aliphatic heterocycles. The highest BCUT2D eigenvalue weighted by Gasteiger charge is 2.08. The van der Waals surface area contributed by atoms with Gasteiger partial charge in [0.05, 0.1) is 0 Å². The van der Waals surface area contributed by atoms with E-state index in [9.17, 15) is 0 Å². The fourth-order valence-electron chi connectivity index (χ4n) is 2.35.